The van der Waals surface area contributed by atoms with Crippen molar-refractivity contribution in [1.82, 2.24) is 20.9 Å². The van der Waals surface area contributed by atoms with Crippen LogP contribution in [0, 0.1) is 22.7 Å². The van der Waals surface area contributed by atoms with Gasteiger partial charge in [-0.25, -0.2) is 0 Å². The smallest absolute Gasteiger partial charge is 0.243 e. The SMILES string of the molecule is CCN1CCC[C@@H](C(=O)N[C@H](C(=O)N[C@H](C(=O)NCCC2(C)CCC2)C(C)(C)C)C2CCCCC2)C1. The molecule has 2 saturated carbocycles. The van der Waals surface area contributed by atoms with Crippen LogP contribution in [0.1, 0.15) is 105 Å². The normalized spacial score (nSPS) is 24.8. The molecule has 1 aliphatic heterocycles. The number of rotatable bonds is 10. The summed E-state index contributed by atoms with van der Waals surface area (Å²) in [7, 11) is 0. The molecule has 7 nitrogen and oxygen atoms in total. The quantitative estimate of drug-likeness (QED) is 0.419. The monoisotopic (exact) mass is 504 g/mol. The Balaban J connectivity index is 1.66. The lowest BCUT2D eigenvalue weighted by Crippen LogP contribution is -2.60. The maximum atomic E-state index is 13.7. The fourth-order valence-electron chi connectivity index (χ4n) is 6.22. The standard InChI is InChI=1S/C29H52N4O3/c1-6-33-19-10-14-22(20-33)25(34)31-23(21-12-8-7-9-13-21)26(35)32-24(28(2,3)4)27(36)30-18-17-29(5)15-11-16-29/h21-24H,6-20H2,1-5H3,(H,30,36)(H,31,34)(H,32,35)/t22-,23+,24-/m1/s1. The van der Waals surface area contributed by atoms with Crippen LogP contribution in [0.2, 0.25) is 0 Å². The molecule has 2 aliphatic carbocycles. The van der Waals surface area contributed by atoms with E-state index in [0.29, 0.717) is 12.0 Å². The van der Waals surface area contributed by atoms with Crippen molar-refractivity contribution in [2.24, 2.45) is 22.7 Å². The van der Waals surface area contributed by atoms with Gasteiger partial charge in [-0.2, -0.15) is 0 Å². The van der Waals surface area contributed by atoms with E-state index in [0.717, 1.165) is 64.6 Å². The second kappa shape index (κ2) is 12.7. The van der Waals surface area contributed by atoms with E-state index in [1.54, 1.807) is 0 Å². The first-order valence-corrected chi connectivity index (χ1v) is 14.6. The van der Waals surface area contributed by atoms with E-state index in [-0.39, 0.29) is 29.6 Å². The van der Waals surface area contributed by atoms with Crippen molar-refractivity contribution in [3.8, 4) is 0 Å². The average Bonchev–Trinajstić information content (AvgIpc) is 2.84. The second-order valence-electron chi connectivity index (χ2n) is 13.1. The van der Waals surface area contributed by atoms with Gasteiger partial charge < -0.3 is 20.9 Å². The third-order valence-corrected chi connectivity index (χ3v) is 9.03. The maximum Gasteiger partial charge on any atom is 0.243 e. The molecule has 206 valence electrons. The summed E-state index contributed by atoms with van der Waals surface area (Å²) in [5, 5.41) is 9.34. The molecule has 3 rings (SSSR count). The van der Waals surface area contributed by atoms with Crippen LogP contribution in [0.5, 0.6) is 0 Å². The first kappa shape index (κ1) is 28.9. The summed E-state index contributed by atoms with van der Waals surface area (Å²) in [6, 6.07) is -1.23. The first-order chi connectivity index (χ1) is 17.0. The molecule has 36 heavy (non-hydrogen) atoms. The van der Waals surface area contributed by atoms with E-state index in [1.807, 2.05) is 20.8 Å². The average molecular weight is 505 g/mol. The van der Waals surface area contributed by atoms with Gasteiger partial charge in [-0.05, 0) is 74.8 Å². The number of nitrogens with zero attached hydrogens (tertiary/aromatic N) is 1. The van der Waals surface area contributed by atoms with E-state index in [2.05, 4.69) is 34.7 Å². The highest BCUT2D eigenvalue weighted by Gasteiger charge is 2.39. The Labute approximate surface area is 219 Å². The molecule has 3 amide bonds. The topological polar surface area (TPSA) is 90.5 Å². The van der Waals surface area contributed by atoms with E-state index >= 15 is 0 Å². The minimum atomic E-state index is -0.646. The van der Waals surface area contributed by atoms with Gasteiger partial charge in [0.1, 0.15) is 12.1 Å². The Kier molecular flexibility index (Phi) is 10.2. The molecule has 0 radical (unpaired) electrons. The van der Waals surface area contributed by atoms with Gasteiger partial charge in [0.15, 0.2) is 0 Å². The van der Waals surface area contributed by atoms with Crippen LogP contribution < -0.4 is 16.0 Å². The van der Waals surface area contributed by atoms with Gasteiger partial charge in [0.05, 0.1) is 5.92 Å². The third-order valence-electron chi connectivity index (χ3n) is 9.03. The molecule has 0 unspecified atom stereocenters. The van der Waals surface area contributed by atoms with Crippen LogP contribution in [-0.4, -0.2) is 60.9 Å². The molecule has 0 spiro atoms. The number of likely N-dealkylation sites (tertiary alicyclic amines) is 1. The highest BCUT2D eigenvalue weighted by molar-refractivity contribution is 5.93. The molecule has 3 atom stereocenters. The number of carbonyl (C=O) groups is 3. The lowest BCUT2D eigenvalue weighted by atomic mass is 9.68. The van der Waals surface area contributed by atoms with Gasteiger partial charge in [0, 0.05) is 13.1 Å². The zero-order chi connectivity index (χ0) is 26.3. The molecule has 0 bridgehead atoms. The lowest BCUT2D eigenvalue weighted by molar-refractivity contribution is -0.136. The molecule has 3 fully saturated rings. The zero-order valence-electron chi connectivity index (χ0n) is 23.6. The Morgan fingerprint density at radius 2 is 1.64 bits per heavy atom. The van der Waals surface area contributed by atoms with Gasteiger partial charge in [-0.15, -0.1) is 0 Å². The van der Waals surface area contributed by atoms with E-state index in [9.17, 15) is 14.4 Å². The van der Waals surface area contributed by atoms with Crippen LogP contribution in [-0.2, 0) is 14.4 Å². The minimum Gasteiger partial charge on any atom is -0.354 e. The summed E-state index contributed by atoms with van der Waals surface area (Å²) in [4.78, 5) is 42.6. The van der Waals surface area contributed by atoms with Crippen molar-refractivity contribution >= 4 is 17.7 Å². The highest BCUT2D eigenvalue weighted by atomic mass is 16.2. The molecule has 0 aromatic rings. The predicted molar refractivity (Wildman–Crippen MR) is 144 cm³/mol. The fourth-order valence-corrected chi connectivity index (χ4v) is 6.22. The Bertz CT molecular complexity index is 752. The molecule has 0 aromatic carbocycles. The number of nitrogens with one attached hydrogen (secondary N) is 3. The highest BCUT2D eigenvalue weighted by Crippen LogP contribution is 2.42. The van der Waals surface area contributed by atoms with Crippen molar-refractivity contribution < 1.29 is 14.4 Å². The van der Waals surface area contributed by atoms with Gasteiger partial charge in [0.25, 0.3) is 0 Å². The Hall–Kier alpha value is -1.63. The van der Waals surface area contributed by atoms with Crippen molar-refractivity contribution in [2.75, 3.05) is 26.2 Å². The number of piperidine rings is 1. The van der Waals surface area contributed by atoms with Crippen molar-refractivity contribution in [2.45, 2.75) is 117 Å². The van der Waals surface area contributed by atoms with Gasteiger partial charge in [0.2, 0.25) is 17.7 Å². The van der Waals surface area contributed by atoms with Gasteiger partial charge >= 0.3 is 0 Å². The van der Waals surface area contributed by atoms with Crippen molar-refractivity contribution in [3.63, 3.8) is 0 Å². The van der Waals surface area contributed by atoms with E-state index < -0.39 is 17.5 Å². The van der Waals surface area contributed by atoms with Gasteiger partial charge in [-0.3, -0.25) is 14.4 Å². The van der Waals surface area contributed by atoms with Crippen LogP contribution in [0.25, 0.3) is 0 Å². The third kappa shape index (κ3) is 7.93. The molecule has 7 heteroatoms. The predicted octanol–water partition coefficient (Wildman–Crippen LogP) is 4.01. The number of amides is 3. The largest absolute Gasteiger partial charge is 0.354 e. The molecule has 3 N–H and O–H groups in total. The van der Waals surface area contributed by atoms with E-state index in [1.165, 1.54) is 25.7 Å². The summed E-state index contributed by atoms with van der Waals surface area (Å²) in [6.45, 7) is 13.7. The minimum absolute atomic E-state index is 0.00984. The number of hydrogen-bond donors (Lipinski definition) is 3. The molecular formula is C29H52N4O3. The second-order valence-corrected chi connectivity index (χ2v) is 13.1. The van der Waals surface area contributed by atoms with Crippen molar-refractivity contribution in [3.05, 3.63) is 0 Å². The molecule has 0 aromatic heterocycles. The summed E-state index contributed by atoms with van der Waals surface area (Å²) >= 11 is 0. The first-order valence-electron chi connectivity index (χ1n) is 14.6. The Morgan fingerprint density at radius 3 is 2.22 bits per heavy atom. The Morgan fingerprint density at radius 1 is 0.944 bits per heavy atom. The number of carbonyl (C=O) groups excluding carboxylic acids is 3. The number of hydrogen-bond acceptors (Lipinski definition) is 4. The van der Waals surface area contributed by atoms with Gasteiger partial charge in [-0.1, -0.05) is 60.3 Å². The summed E-state index contributed by atoms with van der Waals surface area (Å²) < 4.78 is 0. The summed E-state index contributed by atoms with van der Waals surface area (Å²) in [6.07, 6.45) is 11.8. The van der Waals surface area contributed by atoms with Crippen LogP contribution in [0.15, 0.2) is 0 Å². The zero-order valence-corrected chi connectivity index (χ0v) is 23.6. The molecule has 1 heterocycles. The summed E-state index contributed by atoms with van der Waals surface area (Å²) in [5.41, 5.74) is -0.0944. The van der Waals surface area contributed by atoms with E-state index in [4.69, 9.17) is 0 Å². The van der Waals surface area contributed by atoms with Crippen LogP contribution in [0.4, 0.5) is 0 Å². The van der Waals surface area contributed by atoms with Crippen LogP contribution >= 0.6 is 0 Å². The van der Waals surface area contributed by atoms with Crippen LogP contribution in [0.3, 0.4) is 0 Å². The lowest BCUT2D eigenvalue weighted by Gasteiger charge is -2.39. The van der Waals surface area contributed by atoms with Crippen molar-refractivity contribution in [1.29, 1.82) is 0 Å². The molecule has 1 saturated heterocycles. The molecule has 3 aliphatic rings. The fraction of sp³-hybridized carbons (Fsp3) is 0.897. The molecular weight excluding hydrogens is 452 g/mol. The summed E-state index contributed by atoms with van der Waals surface area (Å²) in [5.74, 6) is -0.301. The maximum absolute atomic E-state index is 13.7.